The van der Waals surface area contributed by atoms with Crippen molar-refractivity contribution >= 4 is 45.9 Å². The molecule has 0 bridgehead atoms. The van der Waals surface area contributed by atoms with Crippen molar-refractivity contribution in [1.82, 2.24) is 19.9 Å². The van der Waals surface area contributed by atoms with Crippen LogP contribution in [0.25, 0.3) is 89.4 Å². The van der Waals surface area contributed by atoms with E-state index in [9.17, 15) is 39.6 Å². The quantitative estimate of drug-likeness (QED) is 0.0772. The fourth-order valence-electron chi connectivity index (χ4n) is 7.47. The van der Waals surface area contributed by atoms with Crippen LogP contribution in [0.1, 0.15) is 41.4 Å². The van der Waals surface area contributed by atoms with Crippen molar-refractivity contribution in [2.45, 2.75) is 0 Å². The number of imidazole rings is 2. The van der Waals surface area contributed by atoms with Crippen molar-refractivity contribution < 1.29 is 39.6 Å². The molecule has 0 aliphatic rings. The fraction of sp³-hybridized carbons (Fsp3) is 0. The Hall–Kier alpha value is -8.64. The number of benzene rings is 7. The van der Waals surface area contributed by atoms with Gasteiger partial charge in [-0.25, -0.2) is 29.1 Å². The van der Waals surface area contributed by atoms with Crippen LogP contribution in [-0.2, 0) is 0 Å². The second-order valence-electron chi connectivity index (χ2n) is 14.1. The number of nitrogens with one attached hydrogen (secondary N) is 2. The number of carboxylic acid groups (broad SMARTS) is 4. The van der Waals surface area contributed by atoms with Gasteiger partial charge in [-0.2, -0.15) is 0 Å². The Balaban J connectivity index is 1.16. The largest absolute Gasteiger partial charge is 0.478 e. The Morgan fingerprint density at radius 3 is 0.933 bits per heavy atom. The molecule has 290 valence electrons. The van der Waals surface area contributed by atoms with Crippen LogP contribution < -0.4 is 0 Å². The zero-order valence-electron chi connectivity index (χ0n) is 31.2. The summed E-state index contributed by atoms with van der Waals surface area (Å²) in [7, 11) is 0. The number of aromatic carboxylic acids is 4. The summed E-state index contributed by atoms with van der Waals surface area (Å²) in [5, 5.41) is 38.8. The van der Waals surface area contributed by atoms with Crippen LogP contribution in [0.15, 0.2) is 146 Å². The molecule has 0 unspecified atom stereocenters. The fourth-order valence-corrected chi connectivity index (χ4v) is 7.47. The van der Waals surface area contributed by atoms with Crippen LogP contribution in [0.3, 0.4) is 0 Å². The number of carboxylic acids is 4. The number of aromatic amines is 2. The molecule has 9 aromatic rings. The summed E-state index contributed by atoms with van der Waals surface area (Å²) in [5.41, 5.74) is 9.71. The maximum absolute atomic E-state index is 11.9. The molecule has 0 saturated carbocycles. The number of H-pyrrole nitrogens is 2. The molecule has 2 aromatic heterocycles. The summed E-state index contributed by atoms with van der Waals surface area (Å²) in [6.07, 6.45) is 0. The number of hydrogen-bond donors (Lipinski definition) is 6. The number of rotatable bonds is 10. The monoisotopic (exact) mass is 790 g/mol. The van der Waals surface area contributed by atoms with E-state index in [1.165, 1.54) is 24.3 Å². The van der Waals surface area contributed by atoms with Crippen LogP contribution in [-0.4, -0.2) is 64.2 Å². The molecule has 0 saturated heterocycles. The molecule has 2 heterocycles. The van der Waals surface area contributed by atoms with Gasteiger partial charge in [0.25, 0.3) is 0 Å². The minimum atomic E-state index is -1.06. The molecule has 0 radical (unpaired) electrons. The topological polar surface area (TPSA) is 207 Å². The number of fused-ring (bicyclic) bond motifs is 2. The number of hydrogen-bond acceptors (Lipinski definition) is 6. The summed E-state index contributed by atoms with van der Waals surface area (Å²) in [5.74, 6) is -3.21. The summed E-state index contributed by atoms with van der Waals surface area (Å²) in [6, 6.07) is 41.3. The van der Waals surface area contributed by atoms with Crippen LogP contribution in [0.5, 0.6) is 0 Å². The Kier molecular flexibility index (Phi) is 9.06. The summed E-state index contributed by atoms with van der Waals surface area (Å²) in [4.78, 5) is 64.4. The van der Waals surface area contributed by atoms with Crippen molar-refractivity contribution in [2.75, 3.05) is 0 Å². The van der Waals surface area contributed by atoms with E-state index in [-0.39, 0.29) is 22.3 Å². The van der Waals surface area contributed by atoms with Gasteiger partial charge in [-0.15, -0.1) is 0 Å². The highest BCUT2D eigenvalue weighted by atomic mass is 16.4. The second-order valence-corrected chi connectivity index (χ2v) is 14.1. The maximum Gasteiger partial charge on any atom is 0.335 e. The molecule has 0 amide bonds. The highest BCUT2D eigenvalue weighted by molar-refractivity contribution is 6.05. The SMILES string of the molecule is O=C(O)c1cccc(-c2ccc(-c3cccc(C(=O)O)c3)c3[nH]c(-c4ccc(-c5nc6c(-c7cccc(C(=O)O)c7)ccc(-c7cccc(C(=O)O)c7)c6[nH]5)cc4)nc23)c1. The molecule has 60 heavy (non-hydrogen) atoms. The molecule has 12 nitrogen and oxygen atoms in total. The zero-order chi connectivity index (χ0) is 41.7. The van der Waals surface area contributed by atoms with Gasteiger partial charge in [0.1, 0.15) is 11.6 Å². The molecule has 0 spiro atoms. The van der Waals surface area contributed by atoms with Gasteiger partial charge in [-0.3, -0.25) is 0 Å². The van der Waals surface area contributed by atoms with Crippen molar-refractivity contribution in [2.24, 2.45) is 0 Å². The Labute approximate surface area is 339 Å². The Morgan fingerprint density at radius 1 is 0.350 bits per heavy atom. The first-order chi connectivity index (χ1) is 29.0. The second kappa shape index (κ2) is 14.7. The lowest BCUT2D eigenvalue weighted by Gasteiger charge is -2.09. The van der Waals surface area contributed by atoms with Gasteiger partial charge in [0, 0.05) is 33.4 Å². The molecular weight excluding hydrogens is 761 g/mol. The van der Waals surface area contributed by atoms with E-state index in [1.54, 1.807) is 48.5 Å². The normalized spacial score (nSPS) is 11.2. The molecule has 7 aromatic carbocycles. The predicted octanol–water partition coefficient (Wildman–Crippen LogP) is 10.2. The Morgan fingerprint density at radius 2 is 0.633 bits per heavy atom. The van der Waals surface area contributed by atoms with Gasteiger partial charge in [-0.05, 0) is 70.8 Å². The summed E-state index contributed by atoms with van der Waals surface area (Å²) >= 11 is 0. The van der Waals surface area contributed by atoms with E-state index in [2.05, 4.69) is 9.97 Å². The third-order valence-corrected chi connectivity index (χ3v) is 10.4. The summed E-state index contributed by atoms with van der Waals surface area (Å²) in [6.45, 7) is 0. The average Bonchev–Trinajstić information content (AvgIpc) is 3.92. The van der Waals surface area contributed by atoms with Gasteiger partial charge in [0.05, 0.1) is 44.3 Å². The maximum atomic E-state index is 11.9. The van der Waals surface area contributed by atoms with E-state index in [0.717, 1.165) is 11.1 Å². The molecule has 0 aliphatic heterocycles. The van der Waals surface area contributed by atoms with Gasteiger partial charge >= 0.3 is 23.9 Å². The van der Waals surface area contributed by atoms with E-state index < -0.39 is 23.9 Å². The van der Waals surface area contributed by atoms with Gasteiger partial charge < -0.3 is 30.4 Å². The average molecular weight is 791 g/mol. The molecule has 0 fully saturated rings. The van der Waals surface area contributed by atoms with Gasteiger partial charge in [-0.1, -0.05) is 97.1 Å². The number of aromatic nitrogens is 4. The number of nitrogens with zero attached hydrogens (tertiary/aromatic N) is 2. The first-order valence-corrected chi connectivity index (χ1v) is 18.5. The third-order valence-electron chi connectivity index (χ3n) is 10.4. The lowest BCUT2D eigenvalue weighted by molar-refractivity contribution is 0.0686. The van der Waals surface area contributed by atoms with E-state index in [4.69, 9.17) is 9.97 Å². The predicted molar refractivity (Wildman–Crippen MR) is 226 cm³/mol. The number of carbonyl (C=O) groups is 4. The van der Waals surface area contributed by atoms with Crippen LogP contribution in [0, 0.1) is 0 Å². The van der Waals surface area contributed by atoms with Crippen LogP contribution in [0.4, 0.5) is 0 Å². The van der Waals surface area contributed by atoms with Crippen LogP contribution in [0.2, 0.25) is 0 Å². The zero-order valence-corrected chi connectivity index (χ0v) is 31.2. The summed E-state index contributed by atoms with van der Waals surface area (Å²) < 4.78 is 0. The lowest BCUT2D eigenvalue weighted by Crippen LogP contribution is -1.96. The molecular formula is C48H30N4O8. The highest BCUT2D eigenvalue weighted by Gasteiger charge is 2.20. The molecule has 9 rings (SSSR count). The lowest BCUT2D eigenvalue weighted by atomic mass is 9.96. The van der Waals surface area contributed by atoms with Crippen LogP contribution >= 0.6 is 0 Å². The minimum Gasteiger partial charge on any atom is -0.478 e. The first-order valence-electron chi connectivity index (χ1n) is 18.5. The van der Waals surface area contributed by atoms with E-state index >= 15 is 0 Å². The smallest absolute Gasteiger partial charge is 0.335 e. The van der Waals surface area contributed by atoms with Crippen molar-refractivity contribution in [3.05, 3.63) is 168 Å². The van der Waals surface area contributed by atoms with Gasteiger partial charge in [0.2, 0.25) is 0 Å². The standard InChI is InChI=1S/C48H30N4O8/c53-45(54)31-9-1-5-27(21-31)35-17-18-36(28-6-2-10-32(22-28)46(55)56)40-39(35)49-43(50-40)25-13-15-26(16-14-25)44-51-41-37(29-7-3-11-33(23-29)47(57)58)19-20-38(42(41)52-44)30-8-4-12-34(24-30)48(59)60/h1-24H,(H,49,50)(H,51,52)(H,53,54)(H,55,56)(H,57,58)(H,59,60). The first kappa shape index (κ1) is 37.0. The van der Waals surface area contributed by atoms with E-state index in [0.29, 0.717) is 78.2 Å². The highest BCUT2D eigenvalue weighted by Crippen LogP contribution is 2.39. The third kappa shape index (κ3) is 6.69. The molecule has 12 heteroatoms. The molecule has 0 aliphatic carbocycles. The Bertz CT molecular complexity index is 2830. The molecule has 6 N–H and O–H groups in total. The molecule has 0 atom stereocenters. The van der Waals surface area contributed by atoms with Crippen molar-refractivity contribution in [3.8, 4) is 67.3 Å². The van der Waals surface area contributed by atoms with E-state index in [1.807, 2.05) is 72.8 Å². The van der Waals surface area contributed by atoms with Gasteiger partial charge in [0.15, 0.2) is 0 Å². The minimum absolute atomic E-state index is 0.123. The van der Waals surface area contributed by atoms with Crippen molar-refractivity contribution in [3.63, 3.8) is 0 Å². The van der Waals surface area contributed by atoms with Crippen molar-refractivity contribution in [1.29, 1.82) is 0 Å².